The van der Waals surface area contributed by atoms with Crippen LogP contribution in [0.4, 0.5) is 0 Å². The predicted molar refractivity (Wildman–Crippen MR) is 64.5 cm³/mol. The van der Waals surface area contributed by atoms with Crippen LogP contribution in [0.15, 0.2) is 16.5 Å². The van der Waals surface area contributed by atoms with Crippen LogP contribution >= 0.6 is 11.8 Å². The maximum Gasteiger partial charge on any atom is 0.352 e. The molecule has 0 unspecified atom stereocenters. The highest BCUT2D eigenvalue weighted by molar-refractivity contribution is 8.00. The highest BCUT2D eigenvalue weighted by atomic mass is 32.2. The summed E-state index contributed by atoms with van der Waals surface area (Å²) in [6, 6.07) is -0.732. The lowest BCUT2D eigenvalue weighted by Crippen LogP contribution is -2.70. The Balaban J connectivity index is 2.33. The van der Waals surface area contributed by atoms with E-state index >= 15 is 0 Å². The number of carbonyl (C=O) groups is 3. The number of fused-ring (bicyclic) bond motifs is 1. The molecule has 2 rings (SSSR count). The van der Waals surface area contributed by atoms with Crippen LogP contribution in [0.1, 0.15) is 6.92 Å². The molecule has 2 aliphatic rings. The fourth-order valence-electron chi connectivity index (χ4n) is 1.95. The lowest BCUT2D eigenvalue weighted by atomic mass is 10.0. The first-order valence-electron chi connectivity index (χ1n) is 5.20. The molecule has 0 aliphatic carbocycles. The fraction of sp³-hybridized carbons (Fsp3) is 0.444. The van der Waals surface area contributed by atoms with Crippen LogP contribution in [0, 0.1) is 0 Å². The van der Waals surface area contributed by atoms with Gasteiger partial charge in [-0.05, 0) is 5.53 Å². The molecule has 0 radical (unpaired) electrons. The van der Waals surface area contributed by atoms with E-state index in [4.69, 9.17) is 10.6 Å². The molecule has 19 heavy (non-hydrogen) atoms. The van der Waals surface area contributed by atoms with E-state index in [9.17, 15) is 14.4 Å². The second kappa shape index (κ2) is 4.82. The molecule has 2 N–H and O–H groups in total. The lowest BCUT2D eigenvalue weighted by molar-refractivity contribution is -0.150. The van der Waals surface area contributed by atoms with Crippen LogP contribution in [0.5, 0.6) is 0 Å². The van der Waals surface area contributed by atoms with Gasteiger partial charge in [-0.1, -0.05) is 5.11 Å². The third kappa shape index (κ3) is 2.11. The summed E-state index contributed by atoms with van der Waals surface area (Å²) in [5.41, 5.74) is 8.08. The zero-order valence-corrected chi connectivity index (χ0v) is 10.5. The van der Waals surface area contributed by atoms with Crippen molar-refractivity contribution in [2.75, 3.05) is 5.75 Å². The average Bonchev–Trinajstić information content (AvgIpc) is 2.35. The molecule has 0 bridgehead atoms. The van der Waals surface area contributed by atoms with Gasteiger partial charge in [0.2, 0.25) is 5.91 Å². The zero-order chi connectivity index (χ0) is 14.2. The number of nitrogens with one attached hydrogen (secondary N) is 1. The Kier molecular flexibility index (Phi) is 3.36. The Morgan fingerprint density at radius 2 is 2.32 bits per heavy atom. The molecule has 2 atom stereocenters. The number of nitrogens with zero attached hydrogens (tertiary/aromatic N) is 4. The molecule has 1 saturated heterocycles. The number of β-lactam (4-membered cyclic amide) rings is 1. The molecular weight excluding hydrogens is 274 g/mol. The minimum absolute atomic E-state index is 0.00544. The van der Waals surface area contributed by atoms with E-state index in [1.165, 1.54) is 18.7 Å². The van der Waals surface area contributed by atoms with Gasteiger partial charge >= 0.3 is 5.97 Å². The molecule has 10 heteroatoms. The van der Waals surface area contributed by atoms with Crippen molar-refractivity contribution in [1.82, 2.24) is 10.2 Å². The van der Waals surface area contributed by atoms with Crippen molar-refractivity contribution >= 4 is 29.5 Å². The normalized spacial score (nSPS) is 25.1. The molecule has 0 aromatic carbocycles. The molecule has 0 aromatic heterocycles. The van der Waals surface area contributed by atoms with Gasteiger partial charge in [0, 0.05) is 17.6 Å². The molecule has 0 spiro atoms. The Labute approximate surface area is 111 Å². The van der Waals surface area contributed by atoms with Crippen LogP contribution in [0.3, 0.4) is 0 Å². The summed E-state index contributed by atoms with van der Waals surface area (Å²) in [4.78, 5) is 37.6. The first-order chi connectivity index (χ1) is 8.97. The smallest absolute Gasteiger partial charge is 0.352 e. The number of hydrogen-bond acceptors (Lipinski definition) is 5. The van der Waals surface area contributed by atoms with Crippen molar-refractivity contribution in [3.8, 4) is 0 Å². The molecule has 2 aliphatic heterocycles. The van der Waals surface area contributed by atoms with Crippen molar-refractivity contribution in [1.29, 1.82) is 0 Å². The highest BCUT2D eigenvalue weighted by Crippen LogP contribution is 2.40. The van der Waals surface area contributed by atoms with E-state index in [1.54, 1.807) is 0 Å². The Hall–Kier alpha value is -2.19. The van der Waals surface area contributed by atoms with Gasteiger partial charge in [-0.2, -0.15) is 0 Å². The van der Waals surface area contributed by atoms with E-state index in [0.717, 1.165) is 4.90 Å². The number of aliphatic carboxylic acids is 1. The predicted octanol–water partition coefficient (Wildman–Crippen LogP) is 0.0127. The molecule has 9 nitrogen and oxygen atoms in total. The number of carbonyl (C=O) groups excluding carboxylic acids is 2. The SMILES string of the molecule is CC(=O)N[C@@H]1C(=O)N2C(C(=O)O)=C(N=[N+]=[N-])CS[C@H]12. The Bertz CT molecular complexity index is 553. The van der Waals surface area contributed by atoms with Crippen LogP contribution < -0.4 is 5.32 Å². The quantitative estimate of drug-likeness (QED) is 0.325. The van der Waals surface area contributed by atoms with E-state index in [2.05, 4.69) is 15.3 Å². The third-order valence-electron chi connectivity index (χ3n) is 2.67. The van der Waals surface area contributed by atoms with E-state index in [1.807, 2.05) is 0 Å². The van der Waals surface area contributed by atoms with Crippen LogP contribution in [-0.2, 0) is 14.4 Å². The average molecular weight is 283 g/mol. The molecule has 2 amide bonds. The monoisotopic (exact) mass is 283 g/mol. The maximum absolute atomic E-state index is 11.9. The summed E-state index contributed by atoms with van der Waals surface area (Å²) in [5.74, 6) is -2.03. The molecular formula is C9H9N5O4S. The van der Waals surface area contributed by atoms with Gasteiger partial charge in [-0.25, -0.2) is 4.79 Å². The maximum atomic E-state index is 11.9. The molecule has 0 aromatic rings. The first kappa shape index (κ1) is 13.2. The van der Waals surface area contributed by atoms with E-state index in [0.29, 0.717) is 0 Å². The Morgan fingerprint density at radius 3 is 2.84 bits per heavy atom. The van der Waals surface area contributed by atoms with Crippen molar-refractivity contribution in [2.45, 2.75) is 18.3 Å². The van der Waals surface area contributed by atoms with Crippen LogP contribution in [-0.4, -0.2) is 45.0 Å². The Morgan fingerprint density at radius 1 is 1.63 bits per heavy atom. The number of thioether (sulfide) groups is 1. The number of hydrogen-bond donors (Lipinski definition) is 2. The van der Waals surface area contributed by atoms with Gasteiger partial charge in [0.05, 0.1) is 5.70 Å². The first-order valence-corrected chi connectivity index (χ1v) is 6.25. The van der Waals surface area contributed by atoms with Gasteiger partial charge in [0.25, 0.3) is 5.91 Å². The molecule has 100 valence electrons. The largest absolute Gasteiger partial charge is 0.477 e. The summed E-state index contributed by atoms with van der Waals surface area (Å²) in [7, 11) is 0. The van der Waals surface area contributed by atoms with Gasteiger partial charge in [-0.15, -0.1) is 11.8 Å². The molecule has 0 saturated carbocycles. The standard InChI is InChI=1S/C9H9N5O4S/c1-3(15)11-5-7(16)14-6(9(17)18)4(12-13-10)2-19-8(5)14/h5,8H,2H2,1H3,(H,11,15)(H,17,18)/t5-,8-/m1/s1. The lowest BCUT2D eigenvalue weighted by Gasteiger charge is -2.48. The summed E-state index contributed by atoms with van der Waals surface area (Å²) in [5, 5.41) is 14.4. The van der Waals surface area contributed by atoms with Crippen molar-refractivity contribution in [3.63, 3.8) is 0 Å². The summed E-state index contributed by atoms with van der Waals surface area (Å²) in [6.07, 6.45) is 0. The van der Waals surface area contributed by atoms with E-state index < -0.39 is 23.3 Å². The van der Waals surface area contributed by atoms with Gasteiger partial charge in [0.15, 0.2) is 0 Å². The second-order valence-electron chi connectivity index (χ2n) is 3.88. The van der Waals surface area contributed by atoms with Gasteiger partial charge < -0.3 is 10.4 Å². The van der Waals surface area contributed by atoms with Gasteiger partial charge in [0.1, 0.15) is 17.1 Å². The highest BCUT2D eigenvalue weighted by Gasteiger charge is 2.53. The minimum Gasteiger partial charge on any atom is -0.477 e. The fourth-order valence-corrected chi connectivity index (χ4v) is 3.21. The zero-order valence-electron chi connectivity index (χ0n) is 9.73. The van der Waals surface area contributed by atoms with Crippen molar-refractivity contribution < 1.29 is 19.5 Å². The third-order valence-corrected chi connectivity index (χ3v) is 3.94. The van der Waals surface area contributed by atoms with Crippen LogP contribution in [0.25, 0.3) is 10.4 Å². The van der Waals surface area contributed by atoms with Crippen LogP contribution in [0.2, 0.25) is 0 Å². The van der Waals surface area contributed by atoms with E-state index in [-0.39, 0.29) is 23.1 Å². The molecule has 1 fully saturated rings. The number of carboxylic acid groups (broad SMARTS) is 1. The van der Waals surface area contributed by atoms with Crippen molar-refractivity contribution in [3.05, 3.63) is 21.8 Å². The number of amides is 2. The van der Waals surface area contributed by atoms with Crippen molar-refractivity contribution in [2.24, 2.45) is 5.11 Å². The minimum atomic E-state index is -1.33. The number of rotatable bonds is 3. The summed E-state index contributed by atoms with van der Waals surface area (Å²) < 4.78 is 0. The number of azide groups is 1. The summed E-state index contributed by atoms with van der Waals surface area (Å²) >= 11 is 1.24. The second-order valence-corrected chi connectivity index (χ2v) is 4.98. The summed E-state index contributed by atoms with van der Waals surface area (Å²) in [6.45, 7) is 1.28. The molecule has 2 heterocycles. The number of carboxylic acids is 1. The topological polar surface area (TPSA) is 135 Å². The van der Waals surface area contributed by atoms with Gasteiger partial charge in [-0.3, -0.25) is 14.5 Å².